The van der Waals surface area contributed by atoms with Crippen molar-refractivity contribution in [2.75, 3.05) is 0 Å². The van der Waals surface area contributed by atoms with Gasteiger partial charge in [-0.05, 0) is 34.3 Å². The summed E-state index contributed by atoms with van der Waals surface area (Å²) in [6.07, 6.45) is 3.53. The van der Waals surface area contributed by atoms with Crippen molar-refractivity contribution in [1.29, 1.82) is 0 Å². The predicted molar refractivity (Wildman–Crippen MR) is 82.9 cm³/mol. The van der Waals surface area contributed by atoms with E-state index in [1.165, 1.54) is 21.9 Å². The number of fused-ring (bicyclic) bond motifs is 2. The van der Waals surface area contributed by atoms with E-state index in [1.807, 2.05) is 24.0 Å². The molecule has 0 saturated heterocycles. The van der Waals surface area contributed by atoms with Crippen LogP contribution in [0.4, 0.5) is 0 Å². The van der Waals surface area contributed by atoms with Crippen LogP contribution in [0.2, 0.25) is 0 Å². The zero-order valence-electron chi connectivity index (χ0n) is 12.0. The molecule has 0 radical (unpaired) electrons. The van der Waals surface area contributed by atoms with Crippen LogP contribution in [0.25, 0.3) is 33.1 Å². The molecule has 0 unspecified atom stereocenters. The fourth-order valence-electron chi connectivity index (χ4n) is 2.94. The fourth-order valence-corrected chi connectivity index (χ4v) is 2.94. The summed E-state index contributed by atoms with van der Waals surface area (Å²) < 4.78 is 7.68. The highest BCUT2D eigenvalue weighted by Gasteiger charge is 2.19. The summed E-state index contributed by atoms with van der Waals surface area (Å²) >= 11 is 0. The Kier molecular flexibility index (Phi) is 2.54. The van der Waals surface area contributed by atoms with Gasteiger partial charge in [0.05, 0.1) is 13.3 Å². The first-order valence-corrected chi connectivity index (χ1v) is 6.96. The molecule has 2 aromatic carbocycles. The minimum absolute atomic E-state index is 0.832. The van der Waals surface area contributed by atoms with Gasteiger partial charge in [0.25, 0.3) is 6.33 Å². The molecule has 0 amide bonds. The van der Waals surface area contributed by atoms with E-state index < -0.39 is 0 Å². The molecule has 2 heterocycles. The van der Waals surface area contributed by atoms with Crippen molar-refractivity contribution in [3.05, 3.63) is 60.6 Å². The number of nitrogens with zero attached hydrogens (tertiary/aromatic N) is 2. The number of rotatable bonds is 1. The minimum atomic E-state index is 0.832. The monoisotopic (exact) mass is 275 g/mol. The summed E-state index contributed by atoms with van der Waals surface area (Å²) in [6, 6.07) is 14.7. The van der Waals surface area contributed by atoms with Crippen molar-refractivity contribution in [1.82, 2.24) is 4.98 Å². The van der Waals surface area contributed by atoms with Gasteiger partial charge in [-0.1, -0.05) is 30.3 Å². The smallest absolute Gasteiger partial charge is 0.287 e. The summed E-state index contributed by atoms with van der Waals surface area (Å²) in [5, 5.41) is 2.53. The van der Waals surface area contributed by atoms with Crippen molar-refractivity contribution < 1.29 is 8.98 Å². The molecule has 102 valence electrons. The first kappa shape index (κ1) is 12.1. The average Bonchev–Trinajstić information content (AvgIpc) is 2.97. The lowest BCUT2D eigenvalue weighted by Crippen LogP contribution is -2.31. The minimum Gasteiger partial charge on any atom is -0.456 e. The standard InChI is InChI=1S/C18H15N2O/c1-12-14-6-4-3-5-13(14)7-8-15(12)17-18-16(9-10-21-18)19-11-20(17)2/h3-11H,1-2H3/q+1. The quantitative estimate of drug-likeness (QED) is 0.495. The lowest BCUT2D eigenvalue weighted by atomic mass is 9.97. The van der Waals surface area contributed by atoms with E-state index >= 15 is 0 Å². The van der Waals surface area contributed by atoms with E-state index in [1.54, 1.807) is 6.26 Å². The van der Waals surface area contributed by atoms with E-state index in [4.69, 9.17) is 4.42 Å². The molecule has 21 heavy (non-hydrogen) atoms. The van der Waals surface area contributed by atoms with Crippen molar-refractivity contribution in [3.63, 3.8) is 0 Å². The zero-order valence-corrected chi connectivity index (χ0v) is 12.0. The Morgan fingerprint density at radius 3 is 2.81 bits per heavy atom. The normalized spacial score (nSPS) is 11.3. The molecule has 0 bridgehead atoms. The number of benzene rings is 2. The summed E-state index contributed by atoms with van der Waals surface area (Å²) in [5.41, 5.74) is 5.22. The maximum absolute atomic E-state index is 5.67. The number of hydrogen-bond acceptors (Lipinski definition) is 2. The molecular weight excluding hydrogens is 260 g/mol. The number of aryl methyl sites for hydroxylation is 2. The molecule has 0 N–H and O–H groups in total. The molecule has 0 atom stereocenters. The molecule has 0 saturated carbocycles. The molecule has 3 heteroatoms. The van der Waals surface area contributed by atoms with Gasteiger partial charge in [0.2, 0.25) is 11.1 Å². The van der Waals surface area contributed by atoms with Gasteiger partial charge in [-0.15, -0.1) is 0 Å². The number of furan rings is 1. The lowest BCUT2D eigenvalue weighted by molar-refractivity contribution is -0.662. The van der Waals surface area contributed by atoms with Gasteiger partial charge in [-0.25, -0.2) is 4.57 Å². The van der Waals surface area contributed by atoms with Crippen LogP contribution in [-0.4, -0.2) is 4.98 Å². The molecule has 0 aliphatic heterocycles. The predicted octanol–water partition coefficient (Wildman–Crippen LogP) is 3.78. The topological polar surface area (TPSA) is 29.9 Å². The Bertz CT molecular complexity index is 969. The van der Waals surface area contributed by atoms with Crippen molar-refractivity contribution in [2.45, 2.75) is 6.92 Å². The largest absolute Gasteiger partial charge is 0.456 e. The second-order valence-corrected chi connectivity index (χ2v) is 5.30. The van der Waals surface area contributed by atoms with Gasteiger partial charge in [-0.3, -0.25) is 0 Å². The van der Waals surface area contributed by atoms with Crippen LogP contribution >= 0.6 is 0 Å². The molecule has 0 aliphatic carbocycles. The van der Waals surface area contributed by atoms with Gasteiger partial charge < -0.3 is 4.42 Å². The van der Waals surface area contributed by atoms with Crippen LogP contribution in [0.5, 0.6) is 0 Å². The van der Waals surface area contributed by atoms with E-state index in [0.29, 0.717) is 0 Å². The molecule has 4 aromatic rings. The van der Waals surface area contributed by atoms with E-state index in [0.717, 1.165) is 16.8 Å². The third-order valence-corrected chi connectivity index (χ3v) is 4.04. The van der Waals surface area contributed by atoms with Crippen LogP contribution in [-0.2, 0) is 7.05 Å². The third-order valence-electron chi connectivity index (χ3n) is 4.04. The fraction of sp³-hybridized carbons (Fsp3) is 0.111. The molecule has 0 spiro atoms. The molecule has 3 nitrogen and oxygen atoms in total. The van der Waals surface area contributed by atoms with Gasteiger partial charge >= 0.3 is 0 Å². The number of aromatic nitrogens is 2. The van der Waals surface area contributed by atoms with Gasteiger partial charge in [0, 0.05) is 11.6 Å². The second kappa shape index (κ2) is 4.42. The Balaban J connectivity index is 2.11. The van der Waals surface area contributed by atoms with Gasteiger partial charge in [0.1, 0.15) is 0 Å². The van der Waals surface area contributed by atoms with E-state index in [-0.39, 0.29) is 0 Å². The summed E-state index contributed by atoms with van der Waals surface area (Å²) in [4.78, 5) is 4.39. The number of hydrogen-bond donors (Lipinski definition) is 0. The molecule has 4 rings (SSSR count). The third kappa shape index (κ3) is 1.74. The molecular formula is C18H15N2O+. The molecule has 0 fully saturated rings. The summed E-state index contributed by atoms with van der Waals surface area (Å²) in [7, 11) is 2.00. The van der Waals surface area contributed by atoms with Crippen molar-refractivity contribution in [2.24, 2.45) is 7.05 Å². The molecule has 0 aliphatic rings. The van der Waals surface area contributed by atoms with Gasteiger partial charge in [0.15, 0.2) is 5.69 Å². The first-order valence-electron chi connectivity index (χ1n) is 6.96. The maximum atomic E-state index is 5.67. The van der Waals surface area contributed by atoms with Crippen LogP contribution in [0, 0.1) is 6.92 Å². The van der Waals surface area contributed by atoms with Crippen LogP contribution in [0.1, 0.15) is 5.56 Å². The highest BCUT2D eigenvalue weighted by atomic mass is 16.3. The Morgan fingerprint density at radius 2 is 1.90 bits per heavy atom. The van der Waals surface area contributed by atoms with Crippen LogP contribution in [0.15, 0.2) is 59.5 Å². The highest BCUT2D eigenvalue weighted by molar-refractivity contribution is 5.94. The van der Waals surface area contributed by atoms with E-state index in [9.17, 15) is 0 Å². The Morgan fingerprint density at radius 1 is 1.05 bits per heavy atom. The highest BCUT2D eigenvalue weighted by Crippen LogP contribution is 2.31. The van der Waals surface area contributed by atoms with E-state index in [2.05, 4.69) is 48.3 Å². The Hall–Kier alpha value is -2.68. The molecule has 2 aromatic heterocycles. The first-order chi connectivity index (χ1) is 10.3. The van der Waals surface area contributed by atoms with Gasteiger partial charge in [-0.2, -0.15) is 0 Å². The average molecular weight is 275 g/mol. The van der Waals surface area contributed by atoms with Crippen LogP contribution in [0.3, 0.4) is 0 Å². The lowest BCUT2D eigenvalue weighted by Gasteiger charge is -2.09. The van der Waals surface area contributed by atoms with Crippen molar-refractivity contribution >= 4 is 21.9 Å². The zero-order chi connectivity index (χ0) is 14.4. The van der Waals surface area contributed by atoms with Crippen molar-refractivity contribution in [3.8, 4) is 11.3 Å². The maximum Gasteiger partial charge on any atom is 0.287 e. The summed E-state index contributed by atoms with van der Waals surface area (Å²) in [5.74, 6) is 0. The SMILES string of the molecule is Cc1c(-c2c3occc3nc[n+]2C)ccc2ccccc12. The van der Waals surface area contributed by atoms with Crippen LogP contribution < -0.4 is 4.57 Å². The Labute approximate surface area is 122 Å². The second-order valence-electron chi connectivity index (χ2n) is 5.30. The summed E-state index contributed by atoms with van der Waals surface area (Å²) in [6.45, 7) is 2.16.